The van der Waals surface area contributed by atoms with Gasteiger partial charge in [0.15, 0.2) is 17.3 Å². The Hall–Kier alpha value is -6.18. The minimum Gasteiger partial charge on any atom is -0.508 e. The molecule has 4 aliphatic rings. The van der Waals surface area contributed by atoms with Crippen LogP contribution in [-0.2, 0) is 24.6 Å². The third kappa shape index (κ3) is 5.29. The zero-order valence-corrected chi connectivity index (χ0v) is 30.2. The zero-order valence-electron chi connectivity index (χ0n) is 29.5. The molecule has 1 saturated heterocycles. The standard InChI is InChI=1S/C47H34ClNO6/c48-39-24-32(50)20-21-34(39)42-33-22-23-35-41(46(55)49(45(35)54)31-18-16-29(17-19-31)43(52)28-12-6-2-7-13-28)37(33)25-38-44(53)36(27-10-4-1-5-11-27)26-40(51)47(38,42)30-14-8-3-9-15-30/h1-22,24,26,35,37-38,41-42,50H,23,25H2. The number of rotatable bonds is 6. The van der Waals surface area contributed by atoms with Gasteiger partial charge in [-0.25, -0.2) is 0 Å². The van der Waals surface area contributed by atoms with Crippen molar-refractivity contribution in [1.82, 2.24) is 0 Å². The first-order chi connectivity index (χ1) is 26.7. The second kappa shape index (κ2) is 13.3. The number of carbonyl (C=O) groups excluding carboxylic acids is 5. The Balaban J connectivity index is 1.18. The van der Waals surface area contributed by atoms with Gasteiger partial charge in [0.2, 0.25) is 11.8 Å². The number of halogens is 1. The number of phenols is 1. The molecule has 0 aromatic heterocycles. The Bertz CT molecular complexity index is 2480. The van der Waals surface area contributed by atoms with Gasteiger partial charge in [0.25, 0.3) is 0 Å². The van der Waals surface area contributed by atoms with Gasteiger partial charge in [0, 0.05) is 33.6 Å². The molecule has 0 spiro atoms. The molecule has 55 heavy (non-hydrogen) atoms. The number of hydrogen-bond donors (Lipinski definition) is 1. The molecule has 2 amide bonds. The Labute approximate surface area is 322 Å². The maximum Gasteiger partial charge on any atom is 0.238 e. The molecule has 1 saturated carbocycles. The minimum absolute atomic E-state index is 0.0508. The molecule has 1 aliphatic heterocycles. The van der Waals surface area contributed by atoms with E-state index in [0.717, 1.165) is 5.57 Å². The molecule has 0 bridgehead atoms. The first kappa shape index (κ1) is 34.6. The van der Waals surface area contributed by atoms with E-state index in [1.165, 1.54) is 23.1 Å². The molecule has 0 radical (unpaired) electrons. The van der Waals surface area contributed by atoms with Crippen LogP contribution >= 0.6 is 11.6 Å². The third-order valence-corrected chi connectivity index (χ3v) is 12.4. The van der Waals surface area contributed by atoms with Crippen molar-refractivity contribution in [2.45, 2.75) is 24.2 Å². The van der Waals surface area contributed by atoms with E-state index < -0.39 is 35.0 Å². The molecule has 1 heterocycles. The van der Waals surface area contributed by atoms with E-state index in [9.17, 15) is 19.5 Å². The fraction of sp³-hybridized carbons (Fsp3) is 0.170. The van der Waals surface area contributed by atoms with Crippen molar-refractivity contribution in [3.05, 3.63) is 184 Å². The number of amides is 2. The molecule has 9 rings (SSSR count). The number of Topliss-reactive ketones (excluding diaryl/α,β-unsaturated/α-hetero) is 1. The van der Waals surface area contributed by atoms with E-state index in [-0.39, 0.29) is 52.8 Å². The normalized spacial score (nSPS) is 25.8. The largest absolute Gasteiger partial charge is 0.508 e. The van der Waals surface area contributed by atoms with Crippen LogP contribution in [0.15, 0.2) is 151 Å². The van der Waals surface area contributed by atoms with Crippen LogP contribution in [-0.4, -0.2) is 34.3 Å². The Morgan fingerprint density at radius 3 is 2.04 bits per heavy atom. The van der Waals surface area contributed by atoms with Crippen LogP contribution in [0.3, 0.4) is 0 Å². The summed E-state index contributed by atoms with van der Waals surface area (Å²) in [5.41, 5.74) is 2.79. The maximum absolute atomic E-state index is 15.2. The molecule has 3 aliphatic carbocycles. The molecular formula is C47H34ClNO6. The van der Waals surface area contributed by atoms with E-state index >= 15 is 9.59 Å². The number of carbonyl (C=O) groups is 5. The SMILES string of the molecule is O=C(c1ccccc1)c1ccc(N2C(=O)C3CC=C4C(CC5C(=O)C(c6ccccc6)=CC(=O)C5(c5ccccc5)C4c4ccc(O)cc4Cl)C3C2=O)cc1. The van der Waals surface area contributed by atoms with Crippen LogP contribution in [0.1, 0.15) is 51.4 Å². The molecule has 6 unspecified atom stereocenters. The fourth-order valence-corrected chi connectivity index (χ4v) is 10.0. The van der Waals surface area contributed by atoms with Crippen molar-refractivity contribution in [3.63, 3.8) is 0 Å². The van der Waals surface area contributed by atoms with Crippen molar-refractivity contribution >= 4 is 52.0 Å². The number of ketones is 3. The average Bonchev–Trinajstić information content (AvgIpc) is 3.48. The minimum atomic E-state index is -1.43. The highest BCUT2D eigenvalue weighted by molar-refractivity contribution is 6.33. The first-order valence-electron chi connectivity index (χ1n) is 18.4. The first-order valence-corrected chi connectivity index (χ1v) is 18.7. The highest BCUT2D eigenvalue weighted by Crippen LogP contribution is 2.64. The van der Waals surface area contributed by atoms with Crippen LogP contribution < -0.4 is 4.90 Å². The molecule has 270 valence electrons. The van der Waals surface area contributed by atoms with E-state index in [1.54, 1.807) is 66.7 Å². The molecule has 7 nitrogen and oxygen atoms in total. The lowest BCUT2D eigenvalue weighted by molar-refractivity contribution is -0.135. The van der Waals surface area contributed by atoms with Crippen molar-refractivity contribution < 1.29 is 29.1 Å². The number of benzene rings is 5. The lowest BCUT2D eigenvalue weighted by Crippen LogP contribution is -2.58. The van der Waals surface area contributed by atoms with Gasteiger partial charge in [0.05, 0.1) is 22.9 Å². The number of fused-ring (bicyclic) bond motifs is 4. The van der Waals surface area contributed by atoms with Gasteiger partial charge in [-0.05, 0) is 77.9 Å². The van der Waals surface area contributed by atoms with Crippen LogP contribution in [0.25, 0.3) is 5.57 Å². The lowest BCUT2D eigenvalue weighted by Gasteiger charge is -2.55. The number of nitrogens with zero attached hydrogens (tertiary/aromatic N) is 1. The van der Waals surface area contributed by atoms with Crippen LogP contribution in [0.4, 0.5) is 5.69 Å². The lowest BCUT2D eigenvalue weighted by atomic mass is 9.44. The van der Waals surface area contributed by atoms with Crippen LogP contribution in [0.5, 0.6) is 5.75 Å². The third-order valence-electron chi connectivity index (χ3n) is 12.1. The molecule has 5 aromatic carbocycles. The highest BCUT2D eigenvalue weighted by Gasteiger charge is 2.66. The summed E-state index contributed by atoms with van der Waals surface area (Å²) in [5.74, 6) is -5.21. The van der Waals surface area contributed by atoms with Gasteiger partial charge in [-0.1, -0.05) is 120 Å². The second-order valence-electron chi connectivity index (χ2n) is 14.7. The number of phenolic OH excluding ortho intramolecular Hbond substituents is 1. The summed E-state index contributed by atoms with van der Waals surface area (Å²) in [4.78, 5) is 73.6. The Morgan fingerprint density at radius 2 is 1.36 bits per heavy atom. The highest BCUT2D eigenvalue weighted by atomic mass is 35.5. The van der Waals surface area contributed by atoms with E-state index in [4.69, 9.17) is 11.6 Å². The molecule has 5 aromatic rings. The molecule has 2 fully saturated rings. The van der Waals surface area contributed by atoms with Gasteiger partial charge in [0.1, 0.15) is 5.75 Å². The van der Waals surface area contributed by atoms with E-state index in [0.29, 0.717) is 39.1 Å². The summed E-state index contributed by atoms with van der Waals surface area (Å²) < 4.78 is 0. The van der Waals surface area contributed by atoms with Gasteiger partial charge in [-0.3, -0.25) is 28.9 Å². The monoisotopic (exact) mass is 743 g/mol. The molecule has 6 atom stereocenters. The predicted octanol–water partition coefficient (Wildman–Crippen LogP) is 8.31. The van der Waals surface area contributed by atoms with Gasteiger partial charge >= 0.3 is 0 Å². The number of aromatic hydroxyl groups is 1. The summed E-state index contributed by atoms with van der Waals surface area (Å²) >= 11 is 6.97. The fourth-order valence-electron chi connectivity index (χ4n) is 9.74. The van der Waals surface area contributed by atoms with Crippen molar-refractivity contribution in [2.75, 3.05) is 4.90 Å². The second-order valence-corrected chi connectivity index (χ2v) is 15.2. The van der Waals surface area contributed by atoms with E-state index in [2.05, 4.69) is 0 Å². The predicted molar refractivity (Wildman–Crippen MR) is 208 cm³/mol. The number of imide groups is 1. The zero-order chi connectivity index (χ0) is 38.0. The summed E-state index contributed by atoms with van der Waals surface area (Å²) in [6.45, 7) is 0. The van der Waals surface area contributed by atoms with Gasteiger partial charge in [-0.15, -0.1) is 0 Å². The molecule has 1 N–H and O–H groups in total. The number of anilines is 1. The number of allylic oxidation sites excluding steroid dienone is 4. The quantitative estimate of drug-likeness (QED) is 0.107. The maximum atomic E-state index is 15.2. The Morgan fingerprint density at radius 1 is 0.727 bits per heavy atom. The summed E-state index contributed by atoms with van der Waals surface area (Å²) in [5, 5.41) is 10.7. The number of hydrogen-bond acceptors (Lipinski definition) is 6. The summed E-state index contributed by atoms with van der Waals surface area (Å²) in [6.07, 6.45) is 3.84. The van der Waals surface area contributed by atoms with Crippen molar-refractivity contribution in [1.29, 1.82) is 0 Å². The van der Waals surface area contributed by atoms with Crippen LogP contribution in [0, 0.1) is 23.7 Å². The van der Waals surface area contributed by atoms with E-state index in [1.807, 2.05) is 60.7 Å². The average molecular weight is 744 g/mol. The smallest absolute Gasteiger partial charge is 0.238 e. The molecule has 8 heteroatoms. The van der Waals surface area contributed by atoms with Gasteiger partial charge in [-0.2, -0.15) is 0 Å². The van der Waals surface area contributed by atoms with Crippen LogP contribution in [0.2, 0.25) is 5.02 Å². The molecular weight excluding hydrogens is 710 g/mol. The van der Waals surface area contributed by atoms with Gasteiger partial charge < -0.3 is 5.11 Å². The van der Waals surface area contributed by atoms with Crippen molar-refractivity contribution in [3.8, 4) is 5.75 Å². The Kier molecular flexibility index (Phi) is 8.35. The summed E-state index contributed by atoms with van der Waals surface area (Å²) in [6, 6.07) is 38.4. The van der Waals surface area contributed by atoms with Crippen molar-refractivity contribution in [2.24, 2.45) is 23.7 Å². The topological polar surface area (TPSA) is 109 Å². The summed E-state index contributed by atoms with van der Waals surface area (Å²) in [7, 11) is 0.